The van der Waals surface area contributed by atoms with E-state index in [9.17, 15) is 14.4 Å². The van der Waals surface area contributed by atoms with E-state index in [1.54, 1.807) is 18.2 Å². The van der Waals surface area contributed by atoms with E-state index in [0.717, 1.165) is 23.7 Å². The molecule has 1 N–H and O–H groups in total. The monoisotopic (exact) mass is 416 g/mol. The molecule has 29 heavy (non-hydrogen) atoms. The Morgan fingerprint density at radius 3 is 2.55 bits per heavy atom. The first kappa shape index (κ1) is 21.0. The number of benzene rings is 1. The number of methoxy groups -OCH3 is 1. The van der Waals surface area contributed by atoms with Gasteiger partial charge >= 0.3 is 5.97 Å². The summed E-state index contributed by atoms with van der Waals surface area (Å²) >= 11 is 1.42. The third-order valence-corrected chi connectivity index (χ3v) is 5.69. The molecule has 1 aliphatic heterocycles. The number of aryl methyl sites for hydroxylation is 1. The van der Waals surface area contributed by atoms with Crippen molar-refractivity contribution in [3.8, 4) is 0 Å². The van der Waals surface area contributed by atoms with Gasteiger partial charge in [0.05, 0.1) is 36.5 Å². The van der Waals surface area contributed by atoms with E-state index in [0.29, 0.717) is 23.8 Å². The van der Waals surface area contributed by atoms with Gasteiger partial charge in [0.25, 0.3) is 0 Å². The number of amides is 1. The average molecular weight is 416 g/mol. The van der Waals surface area contributed by atoms with Crippen LogP contribution in [0.15, 0.2) is 30.3 Å². The lowest BCUT2D eigenvalue weighted by Gasteiger charge is -2.29. The minimum atomic E-state index is -0.527. The van der Waals surface area contributed by atoms with E-state index in [-0.39, 0.29) is 30.1 Å². The number of Topliss-reactive ketones (excluding diaryl/α,β-unsaturated/α-hetero) is 1. The van der Waals surface area contributed by atoms with E-state index in [1.165, 1.54) is 18.4 Å². The zero-order valence-electron chi connectivity index (χ0n) is 16.5. The number of ether oxygens (including phenoxy) is 2. The fourth-order valence-corrected chi connectivity index (χ4v) is 3.92. The number of ketones is 1. The summed E-state index contributed by atoms with van der Waals surface area (Å²) in [6.45, 7) is 4.66. The van der Waals surface area contributed by atoms with Crippen LogP contribution in [0.4, 0.5) is 11.4 Å². The summed E-state index contributed by atoms with van der Waals surface area (Å²) in [4.78, 5) is 40.6. The van der Waals surface area contributed by atoms with Crippen molar-refractivity contribution in [3.05, 3.63) is 45.6 Å². The Bertz CT molecular complexity index is 902. The Morgan fingerprint density at radius 1 is 1.14 bits per heavy atom. The highest BCUT2D eigenvalue weighted by Crippen LogP contribution is 2.25. The second-order valence-electron chi connectivity index (χ2n) is 6.70. The van der Waals surface area contributed by atoms with Crippen LogP contribution in [-0.2, 0) is 14.3 Å². The molecule has 7 nitrogen and oxygen atoms in total. The van der Waals surface area contributed by atoms with Gasteiger partial charge in [0.15, 0.2) is 5.78 Å². The third-order valence-electron chi connectivity index (χ3n) is 4.65. The van der Waals surface area contributed by atoms with E-state index in [4.69, 9.17) is 9.47 Å². The quantitative estimate of drug-likeness (QED) is 0.551. The maximum absolute atomic E-state index is 12.4. The zero-order chi connectivity index (χ0) is 20.8. The lowest BCUT2D eigenvalue weighted by atomic mass is 10.1. The molecular formula is C21H24N2O5S. The molecule has 0 unspecified atom stereocenters. The summed E-state index contributed by atoms with van der Waals surface area (Å²) in [5.74, 6) is -0.912. The van der Waals surface area contributed by atoms with Gasteiger partial charge in [-0.2, -0.15) is 0 Å². The summed E-state index contributed by atoms with van der Waals surface area (Å²) in [7, 11) is 1.30. The van der Waals surface area contributed by atoms with Crippen LogP contribution in [0.2, 0.25) is 0 Å². The van der Waals surface area contributed by atoms with E-state index >= 15 is 0 Å². The summed E-state index contributed by atoms with van der Waals surface area (Å²) in [6, 6.07) is 8.93. The molecule has 0 aliphatic carbocycles. The average Bonchev–Trinajstić information content (AvgIpc) is 3.18. The van der Waals surface area contributed by atoms with Gasteiger partial charge < -0.3 is 19.7 Å². The molecule has 154 valence electrons. The standard InChI is InChI=1S/C21H24N2O5S/c1-14-3-7-19(29-14)18(24)6-8-20(25)22-17-5-4-15(13-16(17)21(26)27-2)23-9-11-28-12-10-23/h3-5,7,13H,6,8-12H2,1-2H3,(H,22,25). The highest BCUT2D eigenvalue weighted by Gasteiger charge is 2.19. The van der Waals surface area contributed by atoms with E-state index in [1.807, 2.05) is 19.1 Å². The Labute approximate surface area is 173 Å². The number of hydrogen-bond donors (Lipinski definition) is 1. The number of hydrogen-bond acceptors (Lipinski definition) is 7. The highest BCUT2D eigenvalue weighted by molar-refractivity contribution is 7.14. The summed E-state index contributed by atoms with van der Waals surface area (Å²) in [6.07, 6.45) is 0.160. The van der Waals surface area contributed by atoms with Crippen LogP contribution in [0, 0.1) is 6.92 Å². The number of morpholine rings is 1. The molecule has 1 saturated heterocycles. The first-order valence-corrected chi connectivity index (χ1v) is 10.2. The molecule has 3 rings (SSSR count). The molecular weight excluding hydrogens is 392 g/mol. The molecule has 8 heteroatoms. The number of carbonyl (C=O) groups is 3. The molecule has 0 bridgehead atoms. The Balaban J connectivity index is 1.67. The number of nitrogens with zero attached hydrogens (tertiary/aromatic N) is 1. The lowest BCUT2D eigenvalue weighted by Crippen LogP contribution is -2.36. The number of esters is 1. The minimum Gasteiger partial charge on any atom is -0.465 e. The summed E-state index contributed by atoms with van der Waals surface area (Å²) < 4.78 is 10.2. The van der Waals surface area contributed by atoms with Crippen LogP contribution in [0.1, 0.15) is 37.7 Å². The second-order valence-corrected chi connectivity index (χ2v) is 7.99. The maximum atomic E-state index is 12.4. The van der Waals surface area contributed by atoms with Crippen LogP contribution < -0.4 is 10.2 Å². The normalized spacial score (nSPS) is 13.8. The number of nitrogens with one attached hydrogen (secondary N) is 1. The SMILES string of the molecule is COC(=O)c1cc(N2CCOCC2)ccc1NC(=O)CCC(=O)c1ccc(C)s1. The first-order valence-electron chi connectivity index (χ1n) is 9.42. The molecule has 2 heterocycles. The van der Waals surface area contributed by atoms with Crippen molar-refractivity contribution in [2.45, 2.75) is 19.8 Å². The van der Waals surface area contributed by atoms with Crippen molar-refractivity contribution < 1.29 is 23.9 Å². The van der Waals surface area contributed by atoms with Gasteiger partial charge in [0.1, 0.15) is 0 Å². The maximum Gasteiger partial charge on any atom is 0.340 e. The largest absolute Gasteiger partial charge is 0.465 e. The zero-order valence-corrected chi connectivity index (χ0v) is 17.3. The Morgan fingerprint density at radius 2 is 1.90 bits per heavy atom. The molecule has 1 aromatic carbocycles. The first-order chi connectivity index (χ1) is 14.0. The number of rotatable bonds is 7. The van der Waals surface area contributed by atoms with Crippen molar-refractivity contribution in [2.24, 2.45) is 0 Å². The summed E-state index contributed by atoms with van der Waals surface area (Å²) in [5.41, 5.74) is 1.53. The molecule has 2 aromatic rings. The number of anilines is 2. The minimum absolute atomic E-state index is 0.0433. The van der Waals surface area contributed by atoms with Crippen molar-refractivity contribution in [3.63, 3.8) is 0 Å². The van der Waals surface area contributed by atoms with Crippen molar-refractivity contribution in [1.29, 1.82) is 0 Å². The topological polar surface area (TPSA) is 84.9 Å². The predicted octanol–water partition coefficient (Wildman–Crippen LogP) is 3.28. The van der Waals surface area contributed by atoms with Crippen LogP contribution in [0.5, 0.6) is 0 Å². The predicted molar refractivity (Wildman–Crippen MR) is 112 cm³/mol. The van der Waals surface area contributed by atoms with Gasteiger partial charge in [-0.05, 0) is 37.3 Å². The van der Waals surface area contributed by atoms with Gasteiger partial charge in [-0.3, -0.25) is 9.59 Å². The van der Waals surface area contributed by atoms with E-state index in [2.05, 4.69) is 10.2 Å². The van der Waals surface area contributed by atoms with Crippen LogP contribution in [-0.4, -0.2) is 51.1 Å². The molecule has 0 radical (unpaired) electrons. The highest BCUT2D eigenvalue weighted by atomic mass is 32.1. The molecule has 0 saturated carbocycles. The fraction of sp³-hybridized carbons (Fsp3) is 0.381. The lowest BCUT2D eigenvalue weighted by molar-refractivity contribution is -0.116. The van der Waals surface area contributed by atoms with Crippen LogP contribution >= 0.6 is 11.3 Å². The van der Waals surface area contributed by atoms with Gasteiger partial charge in [-0.25, -0.2) is 4.79 Å². The fourth-order valence-electron chi connectivity index (χ4n) is 3.09. The number of carbonyl (C=O) groups excluding carboxylic acids is 3. The van der Waals surface area contributed by atoms with Gasteiger partial charge in [0, 0.05) is 36.5 Å². The Hall–Kier alpha value is -2.71. The summed E-state index contributed by atoms with van der Waals surface area (Å²) in [5, 5.41) is 2.74. The number of thiophene rings is 1. The van der Waals surface area contributed by atoms with Crippen molar-refractivity contribution in [2.75, 3.05) is 43.6 Å². The van der Waals surface area contributed by atoms with E-state index < -0.39 is 5.97 Å². The van der Waals surface area contributed by atoms with Gasteiger partial charge in [-0.1, -0.05) is 0 Å². The van der Waals surface area contributed by atoms with Gasteiger partial charge in [-0.15, -0.1) is 11.3 Å². The smallest absolute Gasteiger partial charge is 0.340 e. The van der Waals surface area contributed by atoms with Gasteiger partial charge in [0.2, 0.25) is 5.91 Å². The third kappa shape index (κ3) is 5.42. The molecule has 1 aliphatic rings. The molecule has 0 atom stereocenters. The van der Waals surface area contributed by atoms with Crippen molar-refractivity contribution >= 4 is 40.4 Å². The molecule has 1 fully saturated rings. The van der Waals surface area contributed by atoms with Crippen molar-refractivity contribution in [1.82, 2.24) is 0 Å². The van der Waals surface area contributed by atoms with Crippen LogP contribution in [0.3, 0.4) is 0 Å². The second kappa shape index (κ2) is 9.67. The Kier molecular flexibility index (Phi) is 7.00. The molecule has 0 spiro atoms. The van der Waals surface area contributed by atoms with Crippen LogP contribution in [0.25, 0.3) is 0 Å². The molecule has 1 amide bonds. The molecule has 1 aromatic heterocycles.